The summed E-state index contributed by atoms with van der Waals surface area (Å²) < 4.78 is 25.9. The molecule has 0 bridgehead atoms. The van der Waals surface area contributed by atoms with Gasteiger partial charge in [0.15, 0.2) is 5.82 Å². The van der Waals surface area contributed by atoms with E-state index in [1.54, 1.807) is 12.1 Å². The van der Waals surface area contributed by atoms with E-state index in [1.165, 1.54) is 12.4 Å². The van der Waals surface area contributed by atoms with Crippen LogP contribution < -0.4 is 10.1 Å². The zero-order valence-corrected chi connectivity index (χ0v) is 19.9. The average Bonchev–Trinajstić information content (AvgIpc) is 2.86. The largest absolute Gasteiger partial charge is 0.491 e. The van der Waals surface area contributed by atoms with E-state index in [0.29, 0.717) is 43.9 Å². The number of piperidine rings is 1. The van der Waals surface area contributed by atoms with Gasteiger partial charge in [0, 0.05) is 30.3 Å². The van der Waals surface area contributed by atoms with Gasteiger partial charge in [-0.2, -0.15) is 0 Å². The van der Waals surface area contributed by atoms with Crippen molar-refractivity contribution < 1.29 is 18.7 Å². The first-order chi connectivity index (χ1) is 17.0. The Morgan fingerprint density at radius 1 is 1.31 bits per heavy atom. The molecule has 2 aliphatic heterocycles. The molecule has 1 amide bonds. The Kier molecular flexibility index (Phi) is 6.83. The Hall–Kier alpha value is -3.23. The molecule has 2 aromatic carbocycles. The van der Waals surface area contributed by atoms with Gasteiger partial charge in [-0.1, -0.05) is 24.2 Å². The zero-order chi connectivity index (χ0) is 24.4. The number of nitrogens with zero attached hydrogens (tertiary/aromatic N) is 3. The average molecular weight is 497 g/mol. The number of hydrogen-bond acceptors (Lipinski definition) is 6. The highest BCUT2D eigenvalue weighted by molar-refractivity contribution is 6.32. The van der Waals surface area contributed by atoms with Crippen LogP contribution >= 0.6 is 11.6 Å². The van der Waals surface area contributed by atoms with Gasteiger partial charge >= 0.3 is 0 Å². The molecule has 35 heavy (non-hydrogen) atoms. The van der Waals surface area contributed by atoms with E-state index in [1.807, 2.05) is 23.1 Å². The number of halogens is 2. The Morgan fingerprint density at radius 2 is 2.17 bits per heavy atom. The predicted octanol–water partition coefficient (Wildman–Crippen LogP) is 5.08. The van der Waals surface area contributed by atoms with Gasteiger partial charge in [-0.15, -0.1) is 0 Å². The van der Waals surface area contributed by atoms with Crippen molar-refractivity contribution in [1.82, 2.24) is 14.9 Å². The van der Waals surface area contributed by atoms with E-state index >= 15 is 4.39 Å². The molecule has 3 aromatic rings. The van der Waals surface area contributed by atoms with Gasteiger partial charge in [0.2, 0.25) is 5.91 Å². The first kappa shape index (κ1) is 23.5. The van der Waals surface area contributed by atoms with Crippen LogP contribution in [0.4, 0.5) is 15.9 Å². The number of aromatic nitrogens is 2. The quantitative estimate of drug-likeness (QED) is 0.459. The summed E-state index contributed by atoms with van der Waals surface area (Å²) in [5, 5.41) is 3.75. The number of likely N-dealkylation sites (tertiary alicyclic amines) is 1. The SMILES string of the molecule is C=CC(=O)N1CCCC(c2ccc3ncnc(Nc4ccc(OCC5COC5)c(Cl)c4F)c3c2)C1. The van der Waals surface area contributed by atoms with Crippen molar-refractivity contribution >= 4 is 39.9 Å². The van der Waals surface area contributed by atoms with Crippen LogP contribution in [-0.4, -0.2) is 53.7 Å². The molecule has 7 nitrogen and oxygen atoms in total. The van der Waals surface area contributed by atoms with Crippen LogP contribution in [0.25, 0.3) is 10.9 Å². The fraction of sp³-hybridized carbons (Fsp3) is 0.346. The van der Waals surface area contributed by atoms with Crippen LogP contribution in [0.15, 0.2) is 49.3 Å². The maximum absolute atomic E-state index is 15.1. The number of carbonyl (C=O) groups excluding carboxylic acids is 1. The van der Waals surface area contributed by atoms with Gasteiger partial charge in [0.25, 0.3) is 0 Å². The Morgan fingerprint density at radius 3 is 2.94 bits per heavy atom. The summed E-state index contributed by atoms with van der Waals surface area (Å²) >= 11 is 6.26. The Labute approximate surface area is 207 Å². The topological polar surface area (TPSA) is 76.6 Å². The van der Waals surface area contributed by atoms with Crippen molar-refractivity contribution in [3.63, 3.8) is 0 Å². The van der Waals surface area contributed by atoms with E-state index in [4.69, 9.17) is 21.1 Å². The third-order valence-electron chi connectivity index (χ3n) is 6.52. The minimum absolute atomic E-state index is 0.0537. The number of carbonyl (C=O) groups is 1. The van der Waals surface area contributed by atoms with Crippen LogP contribution in [0.5, 0.6) is 5.75 Å². The molecule has 0 radical (unpaired) electrons. The maximum atomic E-state index is 15.1. The maximum Gasteiger partial charge on any atom is 0.245 e. The Balaban J connectivity index is 1.39. The minimum atomic E-state index is -0.609. The van der Waals surface area contributed by atoms with Gasteiger partial charge in [-0.3, -0.25) is 4.79 Å². The predicted molar refractivity (Wildman–Crippen MR) is 133 cm³/mol. The lowest BCUT2D eigenvalue weighted by Crippen LogP contribution is -2.38. The molecule has 182 valence electrons. The number of nitrogens with one attached hydrogen (secondary N) is 1. The van der Waals surface area contributed by atoms with Gasteiger partial charge in [0.1, 0.15) is 22.9 Å². The van der Waals surface area contributed by atoms with Gasteiger partial charge < -0.3 is 19.7 Å². The van der Waals surface area contributed by atoms with Gasteiger partial charge in [-0.25, -0.2) is 14.4 Å². The summed E-state index contributed by atoms with van der Waals surface area (Å²) in [6, 6.07) is 9.21. The minimum Gasteiger partial charge on any atom is -0.491 e. The third-order valence-corrected chi connectivity index (χ3v) is 6.87. The summed E-state index contributed by atoms with van der Waals surface area (Å²) in [5.74, 6) is 0.604. The molecule has 1 unspecified atom stereocenters. The molecule has 1 N–H and O–H groups in total. The fourth-order valence-corrected chi connectivity index (χ4v) is 4.68. The third kappa shape index (κ3) is 4.94. The van der Waals surface area contributed by atoms with E-state index < -0.39 is 5.82 Å². The lowest BCUT2D eigenvalue weighted by molar-refractivity contribution is -0.127. The summed E-state index contributed by atoms with van der Waals surface area (Å²) in [4.78, 5) is 22.6. The number of anilines is 2. The van der Waals surface area contributed by atoms with Gasteiger partial charge in [0.05, 0.1) is 31.0 Å². The van der Waals surface area contributed by atoms with Crippen molar-refractivity contribution in [1.29, 1.82) is 0 Å². The second-order valence-corrected chi connectivity index (χ2v) is 9.28. The van der Waals surface area contributed by atoms with Crippen LogP contribution in [-0.2, 0) is 9.53 Å². The highest BCUT2D eigenvalue weighted by Crippen LogP contribution is 2.36. The molecule has 5 rings (SSSR count). The van der Waals surface area contributed by atoms with Crippen molar-refractivity contribution in [2.24, 2.45) is 5.92 Å². The van der Waals surface area contributed by atoms with E-state index in [2.05, 4.69) is 21.9 Å². The van der Waals surface area contributed by atoms with Crippen molar-refractivity contribution in [3.05, 3.63) is 65.7 Å². The highest BCUT2D eigenvalue weighted by atomic mass is 35.5. The van der Waals surface area contributed by atoms with Crippen LogP contribution in [0.3, 0.4) is 0 Å². The molecule has 9 heteroatoms. The van der Waals surface area contributed by atoms with Crippen LogP contribution in [0, 0.1) is 11.7 Å². The lowest BCUT2D eigenvalue weighted by atomic mass is 9.90. The van der Waals surface area contributed by atoms with Gasteiger partial charge in [-0.05, 0) is 48.7 Å². The van der Waals surface area contributed by atoms with Crippen LogP contribution in [0.1, 0.15) is 24.3 Å². The molecule has 0 spiro atoms. The number of hydrogen-bond donors (Lipinski definition) is 1. The molecule has 1 aromatic heterocycles. The number of ether oxygens (including phenoxy) is 2. The van der Waals surface area contributed by atoms with Crippen molar-refractivity contribution in [3.8, 4) is 5.75 Å². The summed E-state index contributed by atoms with van der Waals surface area (Å²) in [5.41, 5.74) is 2.01. The van der Waals surface area contributed by atoms with E-state index in [0.717, 1.165) is 35.9 Å². The standard InChI is InChI=1S/C26H26ClFN4O3/c1-2-23(33)32-9-3-4-18(11-32)17-5-6-20-19(10-17)26(30-15-29-20)31-21-7-8-22(24(27)25(21)28)35-14-16-12-34-13-16/h2,5-8,10,15-16,18H,1,3-4,9,11-14H2,(H,29,30,31). The number of benzene rings is 2. The van der Waals surface area contributed by atoms with Crippen molar-refractivity contribution in [2.45, 2.75) is 18.8 Å². The molecule has 2 saturated heterocycles. The molecule has 3 heterocycles. The first-order valence-corrected chi connectivity index (χ1v) is 12.0. The first-order valence-electron chi connectivity index (χ1n) is 11.6. The molecule has 1 atom stereocenters. The summed E-state index contributed by atoms with van der Waals surface area (Å²) in [6.45, 7) is 6.69. The normalized spacial score (nSPS) is 18.2. The monoisotopic (exact) mass is 496 g/mol. The fourth-order valence-electron chi connectivity index (χ4n) is 4.46. The van der Waals surface area contributed by atoms with Crippen molar-refractivity contribution in [2.75, 3.05) is 38.2 Å². The summed E-state index contributed by atoms with van der Waals surface area (Å²) in [6.07, 6.45) is 4.69. The number of amides is 1. The number of fused-ring (bicyclic) bond motifs is 1. The Bertz CT molecular complexity index is 1270. The highest BCUT2D eigenvalue weighted by Gasteiger charge is 2.24. The zero-order valence-electron chi connectivity index (χ0n) is 19.2. The second kappa shape index (κ2) is 10.2. The molecular formula is C26H26ClFN4O3. The van der Waals surface area contributed by atoms with E-state index in [9.17, 15) is 4.79 Å². The van der Waals surface area contributed by atoms with Crippen LogP contribution in [0.2, 0.25) is 5.02 Å². The summed E-state index contributed by atoms with van der Waals surface area (Å²) in [7, 11) is 0. The second-order valence-electron chi connectivity index (χ2n) is 8.91. The molecule has 0 aliphatic carbocycles. The smallest absolute Gasteiger partial charge is 0.245 e. The number of rotatable bonds is 7. The molecule has 2 aliphatic rings. The molecular weight excluding hydrogens is 471 g/mol. The van der Waals surface area contributed by atoms with E-state index in [-0.39, 0.29) is 22.5 Å². The molecule has 2 fully saturated rings. The lowest BCUT2D eigenvalue weighted by Gasteiger charge is -2.32. The molecule has 0 saturated carbocycles.